The third-order valence-corrected chi connectivity index (χ3v) is 6.67. The average Bonchev–Trinajstić information content (AvgIpc) is 2.38. The molecule has 0 aromatic carbocycles. The van der Waals surface area contributed by atoms with E-state index >= 15 is 0 Å². The highest BCUT2D eigenvalue weighted by Crippen LogP contribution is 2.25. The van der Waals surface area contributed by atoms with Gasteiger partial charge in [0.1, 0.15) is 0 Å². The molecule has 0 fully saturated rings. The summed E-state index contributed by atoms with van der Waals surface area (Å²) in [4.78, 5) is 0. The van der Waals surface area contributed by atoms with E-state index in [4.69, 9.17) is 11.8 Å². The van der Waals surface area contributed by atoms with Gasteiger partial charge in [-0.25, -0.2) is 0 Å². The first-order valence-corrected chi connectivity index (χ1v) is 11.4. The zero-order valence-electron chi connectivity index (χ0n) is 12.8. The van der Waals surface area contributed by atoms with Crippen LogP contribution in [-0.2, 0) is 11.8 Å². The predicted molar refractivity (Wildman–Crippen MR) is 92.2 cm³/mol. The van der Waals surface area contributed by atoms with Crippen LogP contribution in [0.1, 0.15) is 90.9 Å². The van der Waals surface area contributed by atoms with Crippen LogP contribution in [0.5, 0.6) is 0 Å². The summed E-state index contributed by atoms with van der Waals surface area (Å²) in [5.74, 6) is 0. The molecule has 0 aromatic rings. The molecule has 0 rings (SSSR count). The molecule has 0 bridgehead atoms. The smallest absolute Gasteiger partial charge is 0.0260 e. The molecule has 0 radical (unpaired) electrons. The van der Waals surface area contributed by atoms with Crippen molar-refractivity contribution in [1.29, 1.82) is 0 Å². The summed E-state index contributed by atoms with van der Waals surface area (Å²) in [7, 11) is 0. The Labute approximate surface area is 122 Å². The maximum atomic E-state index is 5.64. The Morgan fingerprint density at radius 2 is 0.889 bits per heavy atom. The quantitative estimate of drug-likeness (QED) is 0.264. The van der Waals surface area contributed by atoms with Gasteiger partial charge in [-0.3, -0.25) is 0 Å². The summed E-state index contributed by atoms with van der Waals surface area (Å²) in [6, 6.07) is 0. The largest absolute Gasteiger partial charge is 0.101 e. The standard InChI is InChI=1S/C16H35PS/c1-3-5-7-9-11-13-15-17(18)16-14-12-10-8-6-4-2/h17H,3-16H2,1-2H3. The zero-order valence-corrected chi connectivity index (χ0v) is 14.6. The lowest BCUT2D eigenvalue weighted by Gasteiger charge is -2.05. The van der Waals surface area contributed by atoms with Gasteiger partial charge < -0.3 is 0 Å². The first-order chi connectivity index (χ1) is 8.81. The van der Waals surface area contributed by atoms with Gasteiger partial charge >= 0.3 is 0 Å². The Kier molecular flexibility index (Phi) is 16.3. The van der Waals surface area contributed by atoms with Gasteiger partial charge in [0.25, 0.3) is 0 Å². The highest BCUT2D eigenvalue weighted by Gasteiger charge is 1.97. The second-order valence-electron chi connectivity index (χ2n) is 5.57. The molecular formula is C16H35PS. The lowest BCUT2D eigenvalue weighted by atomic mass is 10.1. The molecule has 110 valence electrons. The second kappa shape index (κ2) is 15.7. The van der Waals surface area contributed by atoms with Gasteiger partial charge in [0, 0.05) is 0 Å². The van der Waals surface area contributed by atoms with Crippen molar-refractivity contribution in [2.24, 2.45) is 0 Å². The molecule has 0 spiro atoms. The first-order valence-electron chi connectivity index (χ1n) is 8.33. The Morgan fingerprint density at radius 1 is 0.556 bits per heavy atom. The predicted octanol–water partition coefficient (Wildman–Crippen LogP) is 6.38. The lowest BCUT2D eigenvalue weighted by molar-refractivity contribution is 0.623. The van der Waals surface area contributed by atoms with Gasteiger partial charge in [0.05, 0.1) is 0 Å². The minimum atomic E-state index is -0.391. The summed E-state index contributed by atoms with van der Waals surface area (Å²) in [6.45, 7) is 4.17. The Hall–Kier alpha value is 0.650. The van der Waals surface area contributed by atoms with Crippen molar-refractivity contribution in [3.63, 3.8) is 0 Å². The van der Waals surface area contributed by atoms with Crippen molar-refractivity contribution in [1.82, 2.24) is 0 Å². The van der Waals surface area contributed by atoms with Crippen molar-refractivity contribution >= 4 is 18.5 Å². The summed E-state index contributed by atoms with van der Waals surface area (Å²) < 4.78 is 0. The summed E-state index contributed by atoms with van der Waals surface area (Å²) in [5.41, 5.74) is 0. The Morgan fingerprint density at radius 3 is 1.28 bits per heavy atom. The normalized spacial score (nSPS) is 11.3. The maximum absolute atomic E-state index is 5.64. The van der Waals surface area contributed by atoms with E-state index in [-0.39, 0.29) is 0 Å². The molecule has 18 heavy (non-hydrogen) atoms. The maximum Gasteiger partial charge on any atom is -0.0260 e. The average molecular weight is 290 g/mol. The molecule has 0 aliphatic rings. The molecule has 0 aliphatic heterocycles. The van der Waals surface area contributed by atoms with E-state index in [1.165, 1.54) is 89.4 Å². The SMILES string of the molecule is CCCCCCCC[PH](=S)CCCCCCCC. The Balaban J connectivity index is 3.12. The van der Waals surface area contributed by atoms with Gasteiger partial charge in [-0.05, 0) is 25.2 Å². The minimum absolute atomic E-state index is 0.391. The molecule has 0 amide bonds. The molecule has 0 heterocycles. The third-order valence-electron chi connectivity index (χ3n) is 3.62. The van der Waals surface area contributed by atoms with E-state index < -0.39 is 6.70 Å². The monoisotopic (exact) mass is 290 g/mol. The van der Waals surface area contributed by atoms with Crippen LogP contribution >= 0.6 is 6.70 Å². The second-order valence-corrected chi connectivity index (χ2v) is 9.38. The zero-order chi connectivity index (χ0) is 13.5. The van der Waals surface area contributed by atoms with Gasteiger partial charge in [-0.1, -0.05) is 84.8 Å². The van der Waals surface area contributed by atoms with Crippen LogP contribution in [0.25, 0.3) is 0 Å². The molecule has 0 aromatic heterocycles. The summed E-state index contributed by atoms with van der Waals surface area (Å²) in [6.07, 6.45) is 19.8. The fraction of sp³-hybridized carbons (Fsp3) is 1.00. The molecule has 0 aliphatic carbocycles. The third kappa shape index (κ3) is 14.7. The lowest BCUT2D eigenvalue weighted by Crippen LogP contribution is -1.87. The van der Waals surface area contributed by atoms with Gasteiger partial charge in [0.2, 0.25) is 0 Å². The molecule has 0 saturated heterocycles. The van der Waals surface area contributed by atoms with Crippen LogP contribution in [0.15, 0.2) is 0 Å². The van der Waals surface area contributed by atoms with E-state index in [0.717, 1.165) is 0 Å². The van der Waals surface area contributed by atoms with E-state index in [1.54, 1.807) is 0 Å². The van der Waals surface area contributed by atoms with Crippen molar-refractivity contribution in [2.45, 2.75) is 90.9 Å². The molecule has 0 saturated carbocycles. The van der Waals surface area contributed by atoms with Crippen LogP contribution in [-0.4, -0.2) is 12.3 Å². The first kappa shape index (κ1) is 18.7. The fourth-order valence-electron chi connectivity index (χ4n) is 2.33. The van der Waals surface area contributed by atoms with Crippen LogP contribution in [0.4, 0.5) is 0 Å². The van der Waals surface area contributed by atoms with Gasteiger partial charge in [-0.2, -0.15) is 0 Å². The number of hydrogen-bond acceptors (Lipinski definition) is 1. The minimum Gasteiger partial charge on any atom is -0.101 e. The van der Waals surface area contributed by atoms with Crippen molar-refractivity contribution in [3.8, 4) is 0 Å². The van der Waals surface area contributed by atoms with Crippen molar-refractivity contribution < 1.29 is 0 Å². The van der Waals surface area contributed by atoms with E-state index in [9.17, 15) is 0 Å². The van der Waals surface area contributed by atoms with Crippen molar-refractivity contribution in [2.75, 3.05) is 12.3 Å². The highest BCUT2D eigenvalue weighted by molar-refractivity contribution is 8.05. The molecular weight excluding hydrogens is 255 g/mol. The van der Waals surface area contributed by atoms with Gasteiger partial charge in [-0.15, -0.1) is 11.8 Å². The van der Waals surface area contributed by atoms with E-state index in [2.05, 4.69) is 13.8 Å². The fourth-order valence-corrected chi connectivity index (χ4v) is 4.73. The topological polar surface area (TPSA) is 0 Å². The molecule has 0 nitrogen and oxygen atoms in total. The Bertz CT molecular complexity index is 162. The van der Waals surface area contributed by atoms with E-state index in [1.807, 2.05) is 0 Å². The molecule has 0 unspecified atom stereocenters. The molecule has 0 N–H and O–H groups in total. The van der Waals surface area contributed by atoms with Crippen LogP contribution in [0, 0.1) is 0 Å². The highest BCUT2D eigenvalue weighted by atomic mass is 32.4. The van der Waals surface area contributed by atoms with E-state index in [0.29, 0.717) is 0 Å². The molecule has 2 heteroatoms. The van der Waals surface area contributed by atoms with Crippen LogP contribution < -0.4 is 0 Å². The summed E-state index contributed by atoms with van der Waals surface area (Å²) >= 11 is 5.64. The van der Waals surface area contributed by atoms with Crippen LogP contribution in [0.3, 0.4) is 0 Å². The van der Waals surface area contributed by atoms with Gasteiger partial charge in [0.15, 0.2) is 0 Å². The summed E-state index contributed by atoms with van der Waals surface area (Å²) in [5, 5.41) is 0. The number of rotatable bonds is 14. The number of unbranched alkanes of at least 4 members (excludes halogenated alkanes) is 10. The molecule has 0 atom stereocenters. The number of hydrogen-bond donors (Lipinski definition) is 0. The van der Waals surface area contributed by atoms with Crippen molar-refractivity contribution in [3.05, 3.63) is 0 Å². The van der Waals surface area contributed by atoms with Crippen LogP contribution in [0.2, 0.25) is 0 Å².